The maximum atomic E-state index is 3.36. The van der Waals surface area contributed by atoms with Crippen LogP contribution in [-0.4, -0.2) is 24.5 Å². The fourth-order valence-corrected chi connectivity index (χ4v) is 2.58. The Morgan fingerprint density at radius 1 is 0.944 bits per heavy atom. The minimum Gasteiger partial charge on any atom is -0.313 e. The third-order valence-electron chi connectivity index (χ3n) is 3.71. The van der Waals surface area contributed by atoms with Gasteiger partial charge in [-0.3, -0.25) is 4.90 Å². The summed E-state index contributed by atoms with van der Waals surface area (Å²) in [4.78, 5) is 2.60. The molecule has 1 saturated heterocycles. The molecule has 1 N–H and O–H groups in total. The Kier molecular flexibility index (Phi) is 5.69. The number of benzene rings is 1. The van der Waals surface area contributed by atoms with E-state index in [4.69, 9.17) is 0 Å². The van der Waals surface area contributed by atoms with Crippen LogP contribution in [-0.2, 0) is 13.1 Å². The van der Waals surface area contributed by atoms with Gasteiger partial charge >= 0.3 is 0 Å². The van der Waals surface area contributed by atoms with E-state index in [9.17, 15) is 0 Å². The fraction of sp³-hybridized carbons (Fsp3) is 0.625. The van der Waals surface area contributed by atoms with Crippen LogP contribution in [0.5, 0.6) is 0 Å². The van der Waals surface area contributed by atoms with Crippen molar-refractivity contribution in [1.82, 2.24) is 10.2 Å². The molecule has 0 bridgehead atoms. The van der Waals surface area contributed by atoms with Gasteiger partial charge in [0.15, 0.2) is 0 Å². The SMILES string of the molecule is CCNCc1ccc(CN2CCCCCC2)cc1. The molecule has 0 aliphatic carbocycles. The number of likely N-dealkylation sites (tertiary alicyclic amines) is 1. The molecule has 1 fully saturated rings. The molecule has 1 aromatic rings. The molecular weight excluding hydrogens is 220 g/mol. The second-order valence-electron chi connectivity index (χ2n) is 5.29. The lowest BCUT2D eigenvalue weighted by molar-refractivity contribution is 0.277. The zero-order chi connectivity index (χ0) is 12.6. The maximum absolute atomic E-state index is 3.36. The van der Waals surface area contributed by atoms with E-state index in [0.29, 0.717) is 0 Å². The molecule has 100 valence electrons. The van der Waals surface area contributed by atoms with Gasteiger partial charge < -0.3 is 5.32 Å². The summed E-state index contributed by atoms with van der Waals surface area (Å²) in [7, 11) is 0. The Morgan fingerprint density at radius 3 is 2.17 bits per heavy atom. The van der Waals surface area contributed by atoms with Gasteiger partial charge in [0.25, 0.3) is 0 Å². The minimum atomic E-state index is 0.987. The zero-order valence-electron chi connectivity index (χ0n) is 11.6. The van der Waals surface area contributed by atoms with Gasteiger partial charge in [0, 0.05) is 13.1 Å². The summed E-state index contributed by atoms with van der Waals surface area (Å²) in [5.74, 6) is 0. The predicted molar refractivity (Wildman–Crippen MR) is 77.6 cm³/mol. The molecule has 2 nitrogen and oxygen atoms in total. The molecule has 0 saturated carbocycles. The van der Waals surface area contributed by atoms with Crippen LogP contribution in [0.2, 0.25) is 0 Å². The van der Waals surface area contributed by atoms with Crippen molar-refractivity contribution in [3.05, 3.63) is 35.4 Å². The second kappa shape index (κ2) is 7.55. The van der Waals surface area contributed by atoms with Gasteiger partial charge in [-0.2, -0.15) is 0 Å². The van der Waals surface area contributed by atoms with Gasteiger partial charge in [0.2, 0.25) is 0 Å². The van der Waals surface area contributed by atoms with Crippen LogP contribution in [0.4, 0.5) is 0 Å². The summed E-state index contributed by atoms with van der Waals surface area (Å²) in [6, 6.07) is 9.10. The normalized spacial score (nSPS) is 17.6. The van der Waals surface area contributed by atoms with E-state index >= 15 is 0 Å². The standard InChI is InChI=1S/C16H26N2/c1-2-17-13-15-7-9-16(10-8-15)14-18-11-5-3-4-6-12-18/h7-10,17H,2-6,11-14H2,1H3. The van der Waals surface area contributed by atoms with Gasteiger partial charge in [0.05, 0.1) is 0 Å². The van der Waals surface area contributed by atoms with Crippen molar-refractivity contribution in [3.8, 4) is 0 Å². The molecule has 18 heavy (non-hydrogen) atoms. The molecule has 0 aromatic heterocycles. The summed E-state index contributed by atoms with van der Waals surface area (Å²) >= 11 is 0. The minimum absolute atomic E-state index is 0.987. The van der Waals surface area contributed by atoms with Gasteiger partial charge in [-0.05, 0) is 43.6 Å². The van der Waals surface area contributed by atoms with E-state index in [1.807, 2.05) is 0 Å². The molecule has 0 atom stereocenters. The predicted octanol–water partition coefficient (Wildman–Crippen LogP) is 3.17. The van der Waals surface area contributed by atoms with Crippen molar-refractivity contribution in [2.45, 2.75) is 45.7 Å². The lowest BCUT2D eigenvalue weighted by Gasteiger charge is -2.19. The summed E-state index contributed by atoms with van der Waals surface area (Å²) in [5, 5.41) is 3.36. The summed E-state index contributed by atoms with van der Waals surface area (Å²) in [6.45, 7) is 7.85. The summed E-state index contributed by atoms with van der Waals surface area (Å²) in [5.41, 5.74) is 2.84. The van der Waals surface area contributed by atoms with Crippen LogP contribution in [0.3, 0.4) is 0 Å². The lowest BCUT2D eigenvalue weighted by Crippen LogP contribution is -2.23. The Bertz CT molecular complexity index is 323. The van der Waals surface area contributed by atoms with Crippen LogP contribution in [0, 0.1) is 0 Å². The monoisotopic (exact) mass is 246 g/mol. The Hall–Kier alpha value is -0.860. The molecule has 2 rings (SSSR count). The largest absolute Gasteiger partial charge is 0.313 e. The fourth-order valence-electron chi connectivity index (χ4n) is 2.58. The van der Waals surface area contributed by atoms with Crippen molar-refractivity contribution in [2.24, 2.45) is 0 Å². The third-order valence-corrected chi connectivity index (χ3v) is 3.71. The van der Waals surface area contributed by atoms with Gasteiger partial charge in [-0.1, -0.05) is 44.0 Å². The first-order chi connectivity index (χ1) is 8.88. The molecule has 2 heteroatoms. The quantitative estimate of drug-likeness (QED) is 0.858. The number of hydrogen-bond acceptors (Lipinski definition) is 2. The average molecular weight is 246 g/mol. The molecule has 1 aliphatic heterocycles. The van der Waals surface area contributed by atoms with Gasteiger partial charge in [-0.15, -0.1) is 0 Å². The highest BCUT2D eigenvalue weighted by Crippen LogP contribution is 2.13. The van der Waals surface area contributed by atoms with Crippen molar-refractivity contribution >= 4 is 0 Å². The number of nitrogens with zero attached hydrogens (tertiary/aromatic N) is 1. The highest BCUT2D eigenvalue weighted by Gasteiger charge is 2.09. The second-order valence-corrected chi connectivity index (χ2v) is 5.29. The highest BCUT2D eigenvalue weighted by atomic mass is 15.1. The van der Waals surface area contributed by atoms with Crippen LogP contribution < -0.4 is 5.32 Å². The van der Waals surface area contributed by atoms with E-state index in [0.717, 1.165) is 19.6 Å². The van der Waals surface area contributed by atoms with E-state index in [2.05, 4.69) is 41.4 Å². The van der Waals surface area contributed by atoms with Crippen LogP contribution in [0.1, 0.15) is 43.7 Å². The summed E-state index contributed by atoms with van der Waals surface area (Å²) in [6.07, 6.45) is 5.58. The number of hydrogen-bond donors (Lipinski definition) is 1. The van der Waals surface area contributed by atoms with Crippen LogP contribution >= 0.6 is 0 Å². The van der Waals surface area contributed by atoms with E-state index in [1.165, 1.54) is 49.9 Å². The van der Waals surface area contributed by atoms with E-state index in [-0.39, 0.29) is 0 Å². The molecule has 0 radical (unpaired) electrons. The summed E-state index contributed by atoms with van der Waals surface area (Å²) < 4.78 is 0. The third kappa shape index (κ3) is 4.43. The topological polar surface area (TPSA) is 15.3 Å². The zero-order valence-corrected chi connectivity index (χ0v) is 11.6. The Morgan fingerprint density at radius 2 is 1.56 bits per heavy atom. The average Bonchev–Trinajstić information content (AvgIpc) is 2.67. The molecule has 1 aliphatic rings. The van der Waals surface area contributed by atoms with E-state index < -0.39 is 0 Å². The van der Waals surface area contributed by atoms with Gasteiger partial charge in [0.1, 0.15) is 0 Å². The first kappa shape index (κ1) is 13.6. The molecule has 0 amide bonds. The molecular formula is C16H26N2. The van der Waals surface area contributed by atoms with Crippen molar-refractivity contribution in [1.29, 1.82) is 0 Å². The molecule has 1 aromatic carbocycles. The van der Waals surface area contributed by atoms with Crippen molar-refractivity contribution in [3.63, 3.8) is 0 Å². The van der Waals surface area contributed by atoms with Gasteiger partial charge in [-0.25, -0.2) is 0 Å². The van der Waals surface area contributed by atoms with E-state index in [1.54, 1.807) is 0 Å². The first-order valence-corrected chi connectivity index (χ1v) is 7.39. The number of nitrogens with one attached hydrogen (secondary N) is 1. The van der Waals surface area contributed by atoms with Crippen molar-refractivity contribution < 1.29 is 0 Å². The maximum Gasteiger partial charge on any atom is 0.0233 e. The number of rotatable bonds is 5. The van der Waals surface area contributed by atoms with Crippen LogP contribution in [0.15, 0.2) is 24.3 Å². The van der Waals surface area contributed by atoms with Crippen molar-refractivity contribution in [2.75, 3.05) is 19.6 Å². The Labute approximate surface area is 111 Å². The Balaban J connectivity index is 1.84. The smallest absolute Gasteiger partial charge is 0.0233 e. The first-order valence-electron chi connectivity index (χ1n) is 7.39. The van der Waals surface area contributed by atoms with Crippen LogP contribution in [0.25, 0.3) is 0 Å². The highest BCUT2D eigenvalue weighted by molar-refractivity contribution is 5.22. The molecule has 0 unspecified atom stereocenters. The molecule has 0 spiro atoms. The lowest BCUT2D eigenvalue weighted by atomic mass is 10.1. The molecule has 1 heterocycles.